The van der Waals surface area contributed by atoms with Crippen LogP contribution in [0.25, 0.3) is 0 Å². The van der Waals surface area contributed by atoms with Crippen LogP contribution in [0.1, 0.15) is 29.3 Å². The maximum atomic E-state index is 12.4. The number of amides is 1. The van der Waals surface area contributed by atoms with Gasteiger partial charge in [-0.1, -0.05) is 6.07 Å². The highest BCUT2D eigenvalue weighted by molar-refractivity contribution is 5.95. The molecule has 0 spiro atoms. The maximum Gasteiger partial charge on any atom is 0.251 e. The molecule has 2 heterocycles. The SMILES string of the molecule is CCOc1cc(C(=O)NC2CCNC2)ccc1OCc1cccnc1.Cl.Cl. The van der Waals surface area contributed by atoms with Gasteiger partial charge in [-0.15, -0.1) is 24.8 Å². The summed E-state index contributed by atoms with van der Waals surface area (Å²) in [6.45, 7) is 4.56. The summed E-state index contributed by atoms with van der Waals surface area (Å²) in [7, 11) is 0. The fourth-order valence-corrected chi connectivity index (χ4v) is 2.73. The van der Waals surface area contributed by atoms with E-state index in [4.69, 9.17) is 9.47 Å². The average molecular weight is 414 g/mol. The lowest BCUT2D eigenvalue weighted by atomic mass is 10.1. The highest BCUT2D eigenvalue weighted by Crippen LogP contribution is 2.29. The third-order valence-corrected chi connectivity index (χ3v) is 4.02. The molecule has 0 radical (unpaired) electrons. The summed E-state index contributed by atoms with van der Waals surface area (Å²) >= 11 is 0. The zero-order valence-electron chi connectivity index (χ0n) is 15.1. The number of halogens is 2. The van der Waals surface area contributed by atoms with Crippen LogP contribution < -0.4 is 20.1 Å². The molecule has 1 aromatic carbocycles. The van der Waals surface area contributed by atoms with Crippen LogP contribution in [-0.2, 0) is 6.61 Å². The smallest absolute Gasteiger partial charge is 0.251 e. The van der Waals surface area contributed by atoms with Crippen molar-refractivity contribution < 1.29 is 14.3 Å². The Hall–Kier alpha value is -2.02. The monoisotopic (exact) mass is 413 g/mol. The molecule has 1 aromatic heterocycles. The van der Waals surface area contributed by atoms with Gasteiger partial charge in [0.25, 0.3) is 5.91 Å². The van der Waals surface area contributed by atoms with Gasteiger partial charge in [0.15, 0.2) is 11.5 Å². The summed E-state index contributed by atoms with van der Waals surface area (Å²) in [4.78, 5) is 16.5. The van der Waals surface area contributed by atoms with Crippen molar-refractivity contribution in [2.45, 2.75) is 26.0 Å². The summed E-state index contributed by atoms with van der Waals surface area (Å²) in [5.74, 6) is 1.10. The lowest BCUT2D eigenvalue weighted by Gasteiger charge is -2.15. The molecule has 0 bridgehead atoms. The molecule has 0 saturated carbocycles. The second kappa shape index (κ2) is 11.6. The largest absolute Gasteiger partial charge is 0.490 e. The van der Waals surface area contributed by atoms with E-state index < -0.39 is 0 Å². The number of ether oxygens (including phenoxy) is 2. The highest BCUT2D eigenvalue weighted by Gasteiger charge is 2.18. The number of aromatic nitrogens is 1. The van der Waals surface area contributed by atoms with Gasteiger partial charge in [-0.25, -0.2) is 0 Å². The van der Waals surface area contributed by atoms with Crippen molar-refractivity contribution in [1.29, 1.82) is 0 Å². The Morgan fingerprint density at radius 3 is 2.78 bits per heavy atom. The second-order valence-electron chi connectivity index (χ2n) is 5.91. The predicted molar refractivity (Wildman–Crippen MR) is 109 cm³/mol. The van der Waals surface area contributed by atoms with Gasteiger partial charge in [0.05, 0.1) is 6.61 Å². The Kier molecular flexibility index (Phi) is 9.93. The number of carbonyl (C=O) groups excluding carboxylic acids is 1. The van der Waals surface area contributed by atoms with Crippen LogP contribution in [0.2, 0.25) is 0 Å². The van der Waals surface area contributed by atoms with Crippen LogP contribution in [0.3, 0.4) is 0 Å². The molecule has 3 rings (SSSR count). The molecular weight excluding hydrogens is 389 g/mol. The molecule has 1 atom stereocenters. The third kappa shape index (κ3) is 6.57. The van der Waals surface area contributed by atoms with E-state index in [2.05, 4.69) is 15.6 Å². The first-order valence-corrected chi connectivity index (χ1v) is 8.56. The number of rotatable bonds is 7. The van der Waals surface area contributed by atoms with Crippen LogP contribution in [0.5, 0.6) is 11.5 Å². The number of pyridine rings is 1. The molecule has 8 heteroatoms. The van der Waals surface area contributed by atoms with E-state index in [1.807, 2.05) is 19.1 Å². The van der Waals surface area contributed by atoms with Crippen molar-refractivity contribution >= 4 is 30.7 Å². The summed E-state index contributed by atoms with van der Waals surface area (Å²) < 4.78 is 11.5. The third-order valence-electron chi connectivity index (χ3n) is 4.02. The predicted octanol–water partition coefficient (Wildman–Crippen LogP) is 2.99. The number of carbonyl (C=O) groups is 1. The van der Waals surface area contributed by atoms with Gasteiger partial charge in [-0.05, 0) is 44.2 Å². The minimum atomic E-state index is -0.0894. The van der Waals surface area contributed by atoms with E-state index in [0.717, 1.165) is 25.1 Å². The van der Waals surface area contributed by atoms with E-state index in [9.17, 15) is 4.79 Å². The zero-order valence-corrected chi connectivity index (χ0v) is 16.8. The molecule has 0 aliphatic carbocycles. The number of benzene rings is 1. The Bertz CT molecular complexity index is 711. The van der Waals surface area contributed by atoms with Crippen molar-refractivity contribution in [3.8, 4) is 11.5 Å². The minimum Gasteiger partial charge on any atom is -0.490 e. The fraction of sp³-hybridized carbons (Fsp3) is 0.368. The van der Waals surface area contributed by atoms with E-state index in [0.29, 0.717) is 30.3 Å². The minimum absolute atomic E-state index is 0. The number of nitrogens with one attached hydrogen (secondary N) is 2. The Balaban J connectivity index is 0.00000182. The van der Waals surface area contributed by atoms with Gasteiger partial charge in [0, 0.05) is 36.1 Å². The standard InChI is InChI=1S/C19H23N3O3.2ClH/c1-2-24-18-10-15(19(23)22-16-7-9-21-12-16)5-6-17(18)25-13-14-4-3-8-20-11-14;;/h3-6,8,10-11,16,21H,2,7,9,12-13H2,1H3,(H,22,23);2*1H. The maximum absolute atomic E-state index is 12.4. The van der Waals surface area contributed by atoms with Gasteiger partial charge in [-0.3, -0.25) is 9.78 Å². The van der Waals surface area contributed by atoms with Crippen LogP contribution >= 0.6 is 24.8 Å². The molecule has 2 aromatic rings. The fourth-order valence-electron chi connectivity index (χ4n) is 2.73. The molecule has 27 heavy (non-hydrogen) atoms. The molecule has 1 saturated heterocycles. The molecule has 1 fully saturated rings. The Morgan fingerprint density at radius 2 is 2.11 bits per heavy atom. The van der Waals surface area contributed by atoms with Crippen molar-refractivity contribution in [1.82, 2.24) is 15.6 Å². The Morgan fingerprint density at radius 1 is 1.26 bits per heavy atom. The van der Waals surface area contributed by atoms with Crippen molar-refractivity contribution in [3.63, 3.8) is 0 Å². The van der Waals surface area contributed by atoms with Crippen molar-refractivity contribution in [3.05, 3.63) is 53.9 Å². The van der Waals surface area contributed by atoms with Crippen LogP contribution in [-0.4, -0.2) is 36.6 Å². The molecule has 1 aliphatic heterocycles. The zero-order chi connectivity index (χ0) is 17.5. The van der Waals surface area contributed by atoms with Crippen molar-refractivity contribution in [2.24, 2.45) is 0 Å². The first-order chi connectivity index (χ1) is 12.3. The van der Waals surface area contributed by atoms with Crippen molar-refractivity contribution in [2.75, 3.05) is 19.7 Å². The van der Waals surface area contributed by atoms with Crippen LogP contribution in [0.4, 0.5) is 0 Å². The molecule has 148 valence electrons. The molecule has 2 N–H and O–H groups in total. The Labute approximate surface area is 171 Å². The van der Waals surface area contributed by atoms with Gasteiger partial charge >= 0.3 is 0 Å². The topological polar surface area (TPSA) is 72.5 Å². The van der Waals surface area contributed by atoms with E-state index in [-0.39, 0.29) is 36.8 Å². The van der Waals surface area contributed by atoms with Gasteiger partial charge in [0.2, 0.25) is 0 Å². The number of hydrogen-bond acceptors (Lipinski definition) is 5. The lowest BCUT2D eigenvalue weighted by molar-refractivity contribution is 0.0939. The highest BCUT2D eigenvalue weighted by atomic mass is 35.5. The molecule has 6 nitrogen and oxygen atoms in total. The first kappa shape index (κ1) is 23.0. The normalized spacial score (nSPS) is 15.2. The quantitative estimate of drug-likeness (QED) is 0.729. The van der Waals surface area contributed by atoms with Gasteiger partial charge in [-0.2, -0.15) is 0 Å². The van der Waals surface area contributed by atoms with Crippen LogP contribution in [0.15, 0.2) is 42.7 Å². The van der Waals surface area contributed by atoms with E-state index >= 15 is 0 Å². The van der Waals surface area contributed by atoms with E-state index in [1.165, 1.54) is 0 Å². The van der Waals surface area contributed by atoms with E-state index in [1.54, 1.807) is 30.6 Å². The van der Waals surface area contributed by atoms with Gasteiger partial charge in [0.1, 0.15) is 6.61 Å². The molecular formula is C19H25Cl2N3O3. The molecule has 1 unspecified atom stereocenters. The van der Waals surface area contributed by atoms with Crippen LogP contribution in [0, 0.1) is 0 Å². The summed E-state index contributed by atoms with van der Waals surface area (Å²) in [5.41, 5.74) is 1.55. The number of nitrogens with zero attached hydrogens (tertiary/aromatic N) is 1. The lowest BCUT2D eigenvalue weighted by Crippen LogP contribution is -2.36. The first-order valence-electron chi connectivity index (χ1n) is 8.56. The second-order valence-corrected chi connectivity index (χ2v) is 5.91. The summed E-state index contributed by atoms with van der Waals surface area (Å²) in [5, 5.41) is 6.27. The number of hydrogen-bond donors (Lipinski definition) is 2. The van der Waals surface area contributed by atoms with Gasteiger partial charge < -0.3 is 20.1 Å². The summed E-state index contributed by atoms with van der Waals surface area (Å²) in [6.07, 6.45) is 4.44. The summed E-state index contributed by atoms with van der Waals surface area (Å²) in [6, 6.07) is 9.28. The molecule has 1 amide bonds. The average Bonchev–Trinajstić information content (AvgIpc) is 3.14. The molecule has 1 aliphatic rings.